The Morgan fingerprint density at radius 2 is 0.680 bits per heavy atom. The van der Waals surface area contributed by atoms with Crippen molar-refractivity contribution in [3.8, 4) is 0 Å². The number of rotatable bonds is 2. The van der Waals surface area contributed by atoms with Crippen molar-refractivity contribution in [1.29, 1.82) is 0 Å². The zero-order chi connectivity index (χ0) is 19.4. The van der Waals surface area contributed by atoms with Gasteiger partial charge in [-0.1, -0.05) is 23.2 Å². The van der Waals surface area contributed by atoms with E-state index in [0.717, 1.165) is 0 Å². The van der Waals surface area contributed by atoms with E-state index in [1.165, 1.54) is 0 Å². The number of hydrogen-bond donors (Lipinski definition) is 2. The van der Waals surface area contributed by atoms with E-state index < -0.39 is 73.4 Å². The van der Waals surface area contributed by atoms with Crippen LogP contribution >= 0.6 is 23.2 Å². The molecule has 0 fully saturated rings. The SMILES string of the molecule is Nc1c(F)c(F)c(C(Cl)(Cl)c2c(F)c(F)c(N)c(F)c2F)c(F)c1F. The highest BCUT2D eigenvalue weighted by Crippen LogP contribution is 2.48. The lowest BCUT2D eigenvalue weighted by Crippen LogP contribution is -2.25. The maximum absolute atomic E-state index is 13.9. The average molecular weight is 411 g/mol. The second-order valence-electron chi connectivity index (χ2n) is 4.66. The highest BCUT2D eigenvalue weighted by Gasteiger charge is 2.45. The first-order valence-electron chi connectivity index (χ1n) is 5.97. The third-order valence-electron chi connectivity index (χ3n) is 3.22. The summed E-state index contributed by atoms with van der Waals surface area (Å²) in [7, 11) is 0. The van der Waals surface area contributed by atoms with Crippen LogP contribution < -0.4 is 11.5 Å². The topological polar surface area (TPSA) is 52.0 Å². The molecule has 136 valence electrons. The van der Waals surface area contributed by atoms with Gasteiger partial charge in [0.1, 0.15) is 11.4 Å². The molecule has 2 nitrogen and oxygen atoms in total. The number of hydrogen-bond acceptors (Lipinski definition) is 2. The summed E-state index contributed by atoms with van der Waals surface area (Å²) in [5, 5.41) is 0. The second kappa shape index (κ2) is 6.10. The standard InChI is InChI=1S/C13H4Cl2F8N2/c14-13(15,1-3(16)7(20)11(24)8(21)4(1)17)2-5(18)9(22)12(25)10(23)6(2)19/h24-25H2. The van der Waals surface area contributed by atoms with Crippen LogP contribution in [-0.4, -0.2) is 0 Å². The van der Waals surface area contributed by atoms with Crippen LogP contribution in [0.5, 0.6) is 0 Å². The van der Waals surface area contributed by atoms with E-state index in [9.17, 15) is 35.1 Å². The van der Waals surface area contributed by atoms with Gasteiger partial charge in [0.15, 0.2) is 50.9 Å². The Hall–Kier alpha value is -1.94. The summed E-state index contributed by atoms with van der Waals surface area (Å²) in [5.74, 6) is -18.0. The normalized spacial score (nSPS) is 11.9. The Bertz CT molecular complexity index is 771. The predicted octanol–water partition coefficient (Wildman–Crippen LogP) is 4.64. The van der Waals surface area contributed by atoms with Gasteiger partial charge in [-0.25, -0.2) is 35.1 Å². The summed E-state index contributed by atoms with van der Waals surface area (Å²) in [6.45, 7) is 0. The van der Waals surface area contributed by atoms with Gasteiger partial charge in [0, 0.05) is 0 Å². The van der Waals surface area contributed by atoms with Crippen LogP contribution in [0.15, 0.2) is 0 Å². The summed E-state index contributed by atoms with van der Waals surface area (Å²) in [4.78, 5) is 0. The van der Waals surface area contributed by atoms with Gasteiger partial charge in [-0.05, 0) is 0 Å². The van der Waals surface area contributed by atoms with Crippen molar-refractivity contribution in [1.82, 2.24) is 0 Å². The molecule has 0 radical (unpaired) electrons. The van der Waals surface area contributed by atoms with Gasteiger partial charge >= 0.3 is 0 Å². The summed E-state index contributed by atoms with van der Waals surface area (Å²) in [6, 6.07) is 0. The lowest BCUT2D eigenvalue weighted by atomic mass is 9.99. The Morgan fingerprint density at radius 3 is 0.880 bits per heavy atom. The predicted molar refractivity (Wildman–Crippen MR) is 73.9 cm³/mol. The van der Waals surface area contributed by atoms with Crippen LogP contribution in [0.3, 0.4) is 0 Å². The maximum atomic E-state index is 13.9. The molecule has 0 saturated carbocycles. The van der Waals surface area contributed by atoms with Gasteiger partial charge in [0.2, 0.25) is 0 Å². The zero-order valence-electron chi connectivity index (χ0n) is 11.4. The van der Waals surface area contributed by atoms with Gasteiger partial charge in [-0.15, -0.1) is 0 Å². The van der Waals surface area contributed by atoms with Gasteiger partial charge < -0.3 is 11.5 Å². The Morgan fingerprint density at radius 1 is 0.480 bits per heavy atom. The number of nitrogens with two attached hydrogens (primary N) is 2. The van der Waals surface area contributed by atoms with Crippen molar-refractivity contribution in [2.75, 3.05) is 11.5 Å². The number of benzene rings is 2. The van der Waals surface area contributed by atoms with Crippen molar-refractivity contribution in [2.45, 2.75) is 4.33 Å². The first-order valence-corrected chi connectivity index (χ1v) is 6.72. The molecule has 0 spiro atoms. The summed E-state index contributed by atoms with van der Waals surface area (Å²) >= 11 is 10.9. The number of halogens is 10. The van der Waals surface area contributed by atoms with E-state index in [0.29, 0.717) is 0 Å². The summed E-state index contributed by atoms with van der Waals surface area (Å²) < 4.78 is 106. The highest BCUT2D eigenvalue weighted by atomic mass is 35.5. The Labute approximate surface area is 143 Å². The van der Waals surface area contributed by atoms with Crippen molar-refractivity contribution >= 4 is 34.6 Å². The van der Waals surface area contributed by atoms with Gasteiger partial charge in [-0.3, -0.25) is 0 Å². The van der Waals surface area contributed by atoms with Gasteiger partial charge in [0.25, 0.3) is 0 Å². The molecule has 0 bridgehead atoms. The van der Waals surface area contributed by atoms with Crippen LogP contribution in [0.25, 0.3) is 0 Å². The summed E-state index contributed by atoms with van der Waals surface area (Å²) in [5.41, 5.74) is 2.36. The molecule has 0 heterocycles. The molecule has 0 atom stereocenters. The fourth-order valence-electron chi connectivity index (χ4n) is 1.97. The molecule has 0 aromatic heterocycles. The fraction of sp³-hybridized carbons (Fsp3) is 0.0769. The maximum Gasteiger partial charge on any atom is 0.185 e. The van der Waals surface area contributed by atoms with E-state index in [2.05, 4.69) is 0 Å². The van der Waals surface area contributed by atoms with E-state index in [4.69, 9.17) is 34.7 Å². The molecule has 0 unspecified atom stereocenters. The Kier molecular flexibility index (Phi) is 4.73. The van der Waals surface area contributed by atoms with Crippen LogP contribution in [0.4, 0.5) is 46.5 Å². The largest absolute Gasteiger partial charge is 0.394 e. The van der Waals surface area contributed by atoms with E-state index in [-0.39, 0.29) is 0 Å². The van der Waals surface area contributed by atoms with Crippen LogP contribution in [0.2, 0.25) is 0 Å². The molecule has 2 aromatic rings. The minimum atomic E-state index is -3.63. The monoisotopic (exact) mass is 410 g/mol. The number of alkyl halides is 2. The molecule has 2 rings (SSSR count). The molecule has 0 aliphatic rings. The molecule has 0 amide bonds. The van der Waals surface area contributed by atoms with Crippen molar-refractivity contribution in [3.63, 3.8) is 0 Å². The van der Waals surface area contributed by atoms with Crippen molar-refractivity contribution < 1.29 is 35.1 Å². The molecule has 4 N–H and O–H groups in total. The van der Waals surface area contributed by atoms with E-state index in [1.807, 2.05) is 0 Å². The van der Waals surface area contributed by atoms with Crippen LogP contribution in [-0.2, 0) is 4.33 Å². The van der Waals surface area contributed by atoms with Crippen molar-refractivity contribution in [3.05, 3.63) is 57.7 Å². The lowest BCUT2D eigenvalue weighted by Gasteiger charge is -2.24. The molecule has 0 aliphatic carbocycles. The van der Waals surface area contributed by atoms with Gasteiger partial charge in [-0.2, -0.15) is 0 Å². The first kappa shape index (κ1) is 19.4. The average Bonchev–Trinajstić information content (AvgIpc) is 2.54. The molecule has 12 heteroatoms. The molecule has 2 aromatic carbocycles. The quantitative estimate of drug-likeness (QED) is 0.328. The molecule has 0 aliphatic heterocycles. The third-order valence-corrected chi connectivity index (χ3v) is 3.98. The van der Waals surface area contributed by atoms with E-state index in [1.54, 1.807) is 0 Å². The van der Waals surface area contributed by atoms with Crippen LogP contribution in [0.1, 0.15) is 11.1 Å². The summed E-state index contributed by atoms with van der Waals surface area (Å²) in [6.07, 6.45) is 0. The first-order chi connectivity index (χ1) is 11.4. The number of nitrogen functional groups attached to an aromatic ring is 2. The smallest absolute Gasteiger partial charge is 0.185 e. The van der Waals surface area contributed by atoms with Crippen LogP contribution in [0, 0.1) is 46.5 Å². The highest BCUT2D eigenvalue weighted by molar-refractivity contribution is 6.50. The third kappa shape index (κ3) is 2.63. The van der Waals surface area contributed by atoms with Crippen molar-refractivity contribution in [2.24, 2.45) is 0 Å². The Balaban J connectivity index is 2.96. The minimum Gasteiger partial charge on any atom is -0.394 e. The molecule has 25 heavy (non-hydrogen) atoms. The fourth-order valence-corrected chi connectivity index (χ4v) is 2.64. The van der Waals surface area contributed by atoms with E-state index >= 15 is 0 Å². The lowest BCUT2D eigenvalue weighted by molar-refractivity contribution is 0.424. The molecular weight excluding hydrogens is 407 g/mol. The molecule has 0 saturated heterocycles. The second-order valence-corrected chi connectivity index (χ2v) is 5.99. The minimum absolute atomic E-state index is 1.61. The van der Waals surface area contributed by atoms with Gasteiger partial charge in [0.05, 0.1) is 11.1 Å². The zero-order valence-corrected chi connectivity index (χ0v) is 12.9. The number of anilines is 2. The molecular formula is C13H4Cl2F8N2.